The second-order valence-corrected chi connectivity index (χ2v) is 6.61. The van der Waals surface area contributed by atoms with Gasteiger partial charge in [-0.15, -0.1) is 0 Å². The zero-order valence-electron chi connectivity index (χ0n) is 15.9. The standard InChI is InChI=1S/C22H23N5O2/c23-18-10-5-15(6-11-18)7-12-20(28)26-14-16-3-8-17(9-4-16)22(29)27-19-2-1-13-25-21(19)24/h1-6,8-11,13H,7,12,14,23H2,(H2,24,25)(H,26,28)(H,27,29). The van der Waals surface area contributed by atoms with Gasteiger partial charge in [-0.3, -0.25) is 9.59 Å². The zero-order valence-corrected chi connectivity index (χ0v) is 15.9. The topological polar surface area (TPSA) is 123 Å². The van der Waals surface area contributed by atoms with Gasteiger partial charge in [-0.05, 0) is 53.9 Å². The largest absolute Gasteiger partial charge is 0.399 e. The molecular weight excluding hydrogens is 366 g/mol. The summed E-state index contributed by atoms with van der Waals surface area (Å²) >= 11 is 0. The number of aromatic nitrogens is 1. The fourth-order valence-corrected chi connectivity index (χ4v) is 2.72. The molecule has 0 fully saturated rings. The lowest BCUT2D eigenvalue weighted by molar-refractivity contribution is -0.121. The minimum atomic E-state index is -0.274. The van der Waals surface area contributed by atoms with Crippen molar-refractivity contribution in [3.63, 3.8) is 0 Å². The number of rotatable bonds is 7. The second-order valence-electron chi connectivity index (χ2n) is 6.61. The van der Waals surface area contributed by atoms with E-state index >= 15 is 0 Å². The lowest BCUT2D eigenvalue weighted by atomic mass is 10.1. The SMILES string of the molecule is Nc1ccc(CCC(=O)NCc2ccc(C(=O)Nc3cccnc3N)cc2)cc1. The van der Waals surface area contributed by atoms with Crippen molar-refractivity contribution >= 4 is 29.0 Å². The highest BCUT2D eigenvalue weighted by Gasteiger charge is 2.09. The average molecular weight is 389 g/mol. The van der Waals surface area contributed by atoms with Gasteiger partial charge in [-0.1, -0.05) is 24.3 Å². The van der Waals surface area contributed by atoms with Crippen molar-refractivity contribution in [3.05, 3.63) is 83.6 Å². The molecule has 1 heterocycles. The summed E-state index contributed by atoms with van der Waals surface area (Å²) in [6, 6.07) is 17.9. The van der Waals surface area contributed by atoms with E-state index in [0.29, 0.717) is 36.3 Å². The number of amides is 2. The van der Waals surface area contributed by atoms with Crippen LogP contribution in [0, 0.1) is 0 Å². The van der Waals surface area contributed by atoms with Crippen molar-refractivity contribution in [1.82, 2.24) is 10.3 Å². The number of nitrogen functional groups attached to an aromatic ring is 2. The van der Waals surface area contributed by atoms with E-state index in [-0.39, 0.29) is 17.6 Å². The summed E-state index contributed by atoms with van der Waals surface area (Å²) in [5.74, 6) is -0.0429. The molecule has 0 aliphatic carbocycles. The summed E-state index contributed by atoms with van der Waals surface area (Å²) in [6.45, 7) is 0.401. The molecule has 6 N–H and O–H groups in total. The molecule has 7 nitrogen and oxygen atoms in total. The number of aryl methyl sites for hydroxylation is 1. The van der Waals surface area contributed by atoms with Crippen molar-refractivity contribution in [2.45, 2.75) is 19.4 Å². The van der Waals surface area contributed by atoms with Gasteiger partial charge in [0, 0.05) is 30.4 Å². The second kappa shape index (κ2) is 9.36. The first-order chi connectivity index (χ1) is 14.0. The maximum Gasteiger partial charge on any atom is 0.255 e. The van der Waals surface area contributed by atoms with E-state index < -0.39 is 0 Å². The molecule has 0 atom stereocenters. The van der Waals surface area contributed by atoms with Crippen LogP contribution in [-0.2, 0) is 17.8 Å². The number of hydrogen-bond acceptors (Lipinski definition) is 5. The van der Waals surface area contributed by atoms with Crippen LogP contribution in [0.2, 0.25) is 0 Å². The number of nitrogens with zero attached hydrogens (tertiary/aromatic N) is 1. The van der Waals surface area contributed by atoms with E-state index in [2.05, 4.69) is 15.6 Å². The van der Waals surface area contributed by atoms with Gasteiger partial charge in [-0.2, -0.15) is 0 Å². The van der Waals surface area contributed by atoms with E-state index in [9.17, 15) is 9.59 Å². The van der Waals surface area contributed by atoms with Crippen LogP contribution in [0.3, 0.4) is 0 Å². The Morgan fingerprint density at radius 2 is 1.59 bits per heavy atom. The summed E-state index contributed by atoms with van der Waals surface area (Å²) in [6.07, 6.45) is 2.61. The Morgan fingerprint density at radius 3 is 2.28 bits per heavy atom. The first-order valence-corrected chi connectivity index (χ1v) is 9.23. The number of pyridine rings is 1. The number of nitrogens with two attached hydrogens (primary N) is 2. The molecule has 3 aromatic rings. The van der Waals surface area contributed by atoms with Gasteiger partial charge in [0.25, 0.3) is 5.91 Å². The van der Waals surface area contributed by atoms with Crippen molar-refractivity contribution in [2.75, 3.05) is 16.8 Å². The molecule has 0 saturated carbocycles. The van der Waals surface area contributed by atoms with Crippen LogP contribution in [0.15, 0.2) is 66.9 Å². The molecular formula is C22H23N5O2. The van der Waals surface area contributed by atoms with Crippen LogP contribution < -0.4 is 22.1 Å². The third-order valence-corrected chi connectivity index (χ3v) is 4.41. The van der Waals surface area contributed by atoms with E-state index in [1.807, 2.05) is 36.4 Å². The Morgan fingerprint density at radius 1 is 0.897 bits per heavy atom. The fourth-order valence-electron chi connectivity index (χ4n) is 2.72. The molecule has 2 aromatic carbocycles. The molecule has 29 heavy (non-hydrogen) atoms. The highest BCUT2D eigenvalue weighted by molar-refractivity contribution is 6.05. The van der Waals surface area contributed by atoms with Gasteiger partial charge in [0.1, 0.15) is 5.82 Å². The number of carbonyl (C=O) groups excluding carboxylic acids is 2. The molecule has 0 saturated heterocycles. The lowest BCUT2D eigenvalue weighted by Gasteiger charge is -2.09. The van der Waals surface area contributed by atoms with Crippen molar-refractivity contribution in [1.29, 1.82) is 0 Å². The van der Waals surface area contributed by atoms with Gasteiger partial charge in [-0.25, -0.2) is 4.98 Å². The zero-order chi connectivity index (χ0) is 20.6. The Bertz CT molecular complexity index is 985. The molecule has 2 amide bonds. The van der Waals surface area contributed by atoms with E-state index in [1.54, 1.807) is 30.5 Å². The quantitative estimate of drug-likeness (QED) is 0.463. The Hall–Kier alpha value is -3.87. The van der Waals surface area contributed by atoms with Crippen molar-refractivity contribution in [3.8, 4) is 0 Å². The first kappa shape index (κ1) is 19.9. The molecule has 7 heteroatoms. The predicted octanol–water partition coefficient (Wildman–Crippen LogP) is 2.75. The average Bonchev–Trinajstić information content (AvgIpc) is 2.74. The number of anilines is 3. The Kier molecular flexibility index (Phi) is 6.42. The van der Waals surface area contributed by atoms with E-state index in [1.165, 1.54) is 0 Å². The van der Waals surface area contributed by atoms with Gasteiger partial charge in [0.15, 0.2) is 0 Å². The lowest BCUT2D eigenvalue weighted by Crippen LogP contribution is -2.23. The van der Waals surface area contributed by atoms with Crippen LogP contribution in [0.4, 0.5) is 17.2 Å². The molecule has 0 aliphatic heterocycles. The molecule has 0 unspecified atom stereocenters. The molecule has 3 rings (SSSR count). The molecule has 148 valence electrons. The van der Waals surface area contributed by atoms with Crippen LogP contribution in [0.5, 0.6) is 0 Å². The third kappa shape index (κ3) is 5.80. The smallest absolute Gasteiger partial charge is 0.255 e. The number of nitrogens with one attached hydrogen (secondary N) is 2. The summed E-state index contributed by atoms with van der Waals surface area (Å²) in [5.41, 5.74) is 15.0. The molecule has 0 spiro atoms. The molecule has 0 bridgehead atoms. The maximum atomic E-state index is 12.3. The molecule has 0 radical (unpaired) electrons. The normalized spacial score (nSPS) is 10.3. The Labute approximate surface area is 169 Å². The monoisotopic (exact) mass is 389 g/mol. The first-order valence-electron chi connectivity index (χ1n) is 9.23. The van der Waals surface area contributed by atoms with E-state index in [0.717, 1.165) is 11.1 Å². The maximum absolute atomic E-state index is 12.3. The van der Waals surface area contributed by atoms with Crippen molar-refractivity contribution < 1.29 is 9.59 Å². The van der Waals surface area contributed by atoms with E-state index in [4.69, 9.17) is 11.5 Å². The van der Waals surface area contributed by atoms with Gasteiger partial charge in [0.05, 0.1) is 5.69 Å². The number of carbonyl (C=O) groups is 2. The highest BCUT2D eigenvalue weighted by atomic mass is 16.2. The van der Waals surface area contributed by atoms with Crippen LogP contribution >= 0.6 is 0 Å². The van der Waals surface area contributed by atoms with Gasteiger partial charge in [0.2, 0.25) is 5.91 Å². The van der Waals surface area contributed by atoms with Crippen LogP contribution in [0.1, 0.15) is 27.9 Å². The van der Waals surface area contributed by atoms with Gasteiger partial charge < -0.3 is 22.1 Å². The summed E-state index contributed by atoms with van der Waals surface area (Å²) in [7, 11) is 0. The number of benzene rings is 2. The number of hydrogen-bond donors (Lipinski definition) is 4. The fraction of sp³-hybridized carbons (Fsp3) is 0.136. The minimum Gasteiger partial charge on any atom is -0.399 e. The Balaban J connectivity index is 1.47. The summed E-state index contributed by atoms with van der Waals surface area (Å²) < 4.78 is 0. The highest BCUT2D eigenvalue weighted by Crippen LogP contribution is 2.15. The van der Waals surface area contributed by atoms with Crippen LogP contribution in [0.25, 0.3) is 0 Å². The minimum absolute atomic E-state index is 0.0318. The summed E-state index contributed by atoms with van der Waals surface area (Å²) in [5, 5.41) is 5.62. The molecule has 0 aliphatic rings. The van der Waals surface area contributed by atoms with Gasteiger partial charge >= 0.3 is 0 Å². The molecule has 1 aromatic heterocycles. The third-order valence-electron chi connectivity index (χ3n) is 4.41. The predicted molar refractivity (Wildman–Crippen MR) is 114 cm³/mol. The van der Waals surface area contributed by atoms with Crippen LogP contribution in [-0.4, -0.2) is 16.8 Å². The van der Waals surface area contributed by atoms with Crippen molar-refractivity contribution in [2.24, 2.45) is 0 Å². The summed E-state index contributed by atoms with van der Waals surface area (Å²) in [4.78, 5) is 28.3.